The number of nitrogens with one attached hydrogen (secondary N) is 2. The molecule has 0 bridgehead atoms. The van der Waals surface area contributed by atoms with E-state index in [2.05, 4.69) is 69.4 Å². The van der Waals surface area contributed by atoms with E-state index in [9.17, 15) is 19.5 Å². The van der Waals surface area contributed by atoms with Crippen molar-refractivity contribution >= 4 is 75.2 Å². The minimum atomic E-state index is -0.609. The van der Waals surface area contributed by atoms with Gasteiger partial charge in [-0.3, -0.25) is 14.4 Å². The molecule has 59 heavy (non-hydrogen) atoms. The number of aliphatic hydroxyl groups is 1. The first-order valence-corrected chi connectivity index (χ1v) is 20.6. The van der Waals surface area contributed by atoms with Crippen LogP contribution in [-0.2, 0) is 20.4 Å². The van der Waals surface area contributed by atoms with E-state index in [-0.39, 0.29) is 46.2 Å². The van der Waals surface area contributed by atoms with E-state index in [0.717, 1.165) is 34.7 Å². The lowest BCUT2D eigenvalue weighted by Crippen LogP contribution is -2.37. The summed E-state index contributed by atoms with van der Waals surface area (Å²) in [4.78, 5) is 47.9. The zero-order valence-electron chi connectivity index (χ0n) is 35.3. The van der Waals surface area contributed by atoms with Crippen molar-refractivity contribution in [2.45, 2.75) is 86.0 Å². The number of anilines is 3. The first kappa shape index (κ1) is 44.9. The van der Waals surface area contributed by atoms with E-state index < -0.39 is 17.7 Å². The Hall–Kier alpha value is -5.23. The second-order valence-electron chi connectivity index (χ2n) is 15.9. The number of hydrogen-bond acceptors (Lipinski definition) is 8. The van der Waals surface area contributed by atoms with Gasteiger partial charge in [0.1, 0.15) is 5.75 Å². The monoisotopic (exact) mass is 840 g/mol. The summed E-state index contributed by atoms with van der Waals surface area (Å²) >= 11 is 12.8. The van der Waals surface area contributed by atoms with Gasteiger partial charge in [-0.25, -0.2) is 4.99 Å². The largest absolute Gasteiger partial charge is 0.483 e. The van der Waals surface area contributed by atoms with Gasteiger partial charge in [-0.2, -0.15) is 5.01 Å². The third-order valence-electron chi connectivity index (χ3n) is 11.0. The smallest absolute Gasteiger partial charge is 0.301 e. The summed E-state index contributed by atoms with van der Waals surface area (Å²) in [6.45, 7) is 19.6. The number of hydrogen-bond donors (Lipinski definition) is 3. The molecule has 312 valence electrons. The van der Waals surface area contributed by atoms with Crippen LogP contribution in [0.4, 0.5) is 22.7 Å². The number of carbonyl (C=O) groups excluding carboxylic acids is 3. The summed E-state index contributed by atoms with van der Waals surface area (Å²) in [6, 6.07) is 21.4. The number of carbonyl (C=O) groups is 3. The van der Waals surface area contributed by atoms with Crippen molar-refractivity contribution in [2.24, 2.45) is 10.1 Å². The molecule has 0 atom stereocenters. The maximum atomic E-state index is 14.1. The number of rotatable bonds is 15. The highest BCUT2D eigenvalue weighted by Gasteiger charge is 2.36. The van der Waals surface area contributed by atoms with Gasteiger partial charge in [-0.05, 0) is 116 Å². The topological polar surface area (TPSA) is 136 Å². The summed E-state index contributed by atoms with van der Waals surface area (Å²) in [5, 5.41) is 21.3. The second kappa shape index (κ2) is 18.8. The Bertz CT molecular complexity index is 2280. The van der Waals surface area contributed by atoms with Crippen molar-refractivity contribution in [1.82, 2.24) is 5.32 Å². The number of nitrogens with zero attached hydrogens (tertiary/aromatic N) is 4. The molecule has 1 heterocycles. The zero-order chi connectivity index (χ0) is 43.2. The third kappa shape index (κ3) is 10.3. The molecule has 0 fully saturated rings. The summed E-state index contributed by atoms with van der Waals surface area (Å²) in [7, 11) is 0. The normalized spacial score (nSPS) is 13.8. The van der Waals surface area contributed by atoms with Crippen molar-refractivity contribution in [2.75, 3.05) is 41.5 Å². The average molecular weight is 842 g/mol. The molecule has 0 aromatic heterocycles. The third-order valence-corrected chi connectivity index (χ3v) is 11.5. The fourth-order valence-corrected chi connectivity index (χ4v) is 7.30. The molecule has 0 saturated carbocycles. The van der Waals surface area contributed by atoms with Crippen LogP contribution in [0.3, 0.4) is 0 Å². The van der Waals surface area contributed by atoms with Crippen molar-refractivity contribution < 1.29 is 24.2 Å². The van der Waals surface area contributed by atoms with Crippen molar-refractivity contribution in [1.29, 1.82) is 0 Å². The highest BCUT2D eigenvalue weighted by atomic mass is 35.5. The Morgan fingerprint density at radius 1 is 0.898 bits per heavy atom. The lowest BCUT2D eigenvalue weighted by molar-refractivity contribution is -0.118. The summed E-state index contributed by atoms with van der Waals surface area (Å²) in [5.41, 5.74) is 5.56. The van der Waals surface area contributed by atoms with E-state index in [0.29, 0.717) is 46.5 Å². The van der Waals surface area contributed by atoms with Crippen LogP contribution in [0.2, 0.25) is 10.0 Å². The second-order valence-corrected chi connectivity index (χ2v) is 16.8. The fourth-order valence-electron chi connectivity index (χ4n) is 6.63. The molecule has 4 aromatic rings. The molecule has 1 aliphatic rings. The van der Waals surface area contributed by atoms with Crippen LogP contribution in [0, 0.1) is 13.8 Å². The predicted octanol–water partition coefficient (Wildman–Crippen LogP) is 9.68. The summed E-state index contributed by atoms with van der Waals surface area (Å²) < 4.78 is 6.12. The number of aliphatic hydroxyl groups excluding tert-OH is 1. The van der Waals surface area contributed by atoms with Crippen LogP contribution < -0.4 is 25.3 Å². The molecular formula is C46H54Cl2N6O5. The molecule has 3 amide bonds. The Balaban J connectivity index is 1.39. The van der Waals surface area contributed by atoms with Crippen LogP contribution >= 0.6 is 23.2 Å². The number of amides is 3. The molecular weight excluding hydrogens is 787 g/mol. The van der Waals surface area contributed by atoms with Crippen LogP contribution in [0.1, 0.15) is 93.9 Å². The molecule has 5 rings (SSSR count). The standard InChI is InChI=1S/C46H54Cl2N6O5/c1-10-45(6,7)31-16-19-38(35(25-31)46(8,9)11-2)59-27-39(56)49-33-15-13-14-30(24-33)43(57)51-42-40(44(58)54(52-42)41-29(5)22-32(47)26-36(41)48)50-37-18-17-34(23-28(37)4)53(12-3)20-21-55/h13-19,22-26,55H,10-12,20-21,27H2,1-9H3,(H,49,56)(H,51,52,57). The van der Waals surface area contributed by atoms with Crippen molar-refractivity contribution in [3.63, 3.8) is 0 Å². The van der Waals surface area contributed by atoms with Gasteiger partial charge in [0.25, 0.3) is 11.8 Å². The maximum absolute atomic E-state index is 14.1. The van der Waals surface area contributed by atoms with E-state index in [1.165, 1.54) is 17.7 Å². The van der Waals surface area contributed by atoms with Crippen LogP contribution in [0.25, 0.3) is 0 Å². The van der Waals surface area contributed by atoms with Gasteiger partial charge in [0.05, 0.1) is 23.0 Å². The van der Waals surface area contributed by atoms with Gasteiger partial charge in [0.15, 0.2) is 18.2 Å². The Morgan fingerprint density at radius 2 is 1.63 bits per heavy atom. The van der Waals surface area contributed by atoms with E-state index in [1.54, 1.807) is 37.3 Å². The average Bonchev–Trinajstić information content (AvgIpc) is 3.49. The number of aliphatic imine (C=N–C) groups is 1. The molecule has 0 saturated heterocycles. The number of amidine groups is 1. The zero-order valence-corrected chi connectivity index (χ0v) is 36.8. The highest BCUT2D eigenvalue weighted by molar-refractivity contribution is 6.72. The molecule has 13 heteroatoms. The molecule has 4 aromatic carbocycles. The van der Waals surface area contributed by atoms with E-state index >= 15 is 0 Å². The highest BCUT2D eigenvalue weighted by Crippen LogP contribution is 2.39. The Morgan fingerprint density at radius 3 is 2.27 bits per heavy atom. The van der Waals surface area contributed by atoms with Crippen molar-refractivity contribution in [3.05, 3.63) is 111 Å². The maximum Gasteiger partial charge on any atom is 0.301 e. The van der Waals surface area contributed by atoms with Crippen LogP contribution in [0.5, 0.6) is 5.75 Å². The van der Waals surface area contributed by atoms with Crippen LogP contribution in [-0.4, -0.2) is 60.7 Å². The number of likely N-dealkylation sites (N-methyl/N-ethyl adjacent to an activating group) is 1. The molecule has 0 radical (unpaired) electrons. The SMILES string of the molecule is CCN(CCO)c1ccc(N=C2C(=O)N(c3c(C)cc(Cl)cc3Cl)N=C2NC(=O)c2cccc(NC(=O)COc3ccc(C(C)(C)CC)cc3C(C)(C)CC)c2)c(C)c1. The number of hydrazone groups is 1. The Labute approximate surface area is 357 Å². The van der Waals surface area contributed by atoms with Gasteiger partial charge in [-0.1, -0.05) is 82.9 Å². The summed E-state index contributed by atoms with van der Waals surface area (Å²) in [5.74, 6) is -1.03. The summed E-state index contributed by atoms with van der Waals surface area (Å²) in [6.07, 6.45) is 1.87. The Kier molecular flexibility index (Phi) is 14.3. The quantitative estimate of drug-likeness (QED) is 0.109. The van der Waals surface area contributed by atoms with Crippen molar-refractivity contribution in [3.8, 4) is 5.75 Å². The first-order valence-electron chi connectivity index (χ1n) is 19.9. The molecule has 3 N–H and O–H groups in total. The fraction of sp³-hybridized carbons (Fsp3) is 0.370. The lowest BCUT2D eigenvalue weighted by atomic mass is 9.76. The van der Waals surface area contributed by atoms with E-state index in [1.807, 2.05) is 36.9 Å². The molecule has 0 spiro atoms. The number of benzene rings is 4. The first-order chi connectivity index (χ1) is 27.9. The van der Waals surface area contributed by atoms with Gasteiger partial charge in [0, 0.05) is 40.6 Å². The van der Waals surface area contributed by atoms with Crippen LogP contribution in [0.15, 0.2) is 82.9 Å². The lowest BCUT2D eigenvalue weighted by Gasteiger charge is -2.30. The number of aryl methyl sites for hydroxylation is 2. The number of ether oxygens (including phenoxy) is 1. The molecule has 0 unspecified atom stereocenters. The molecule has 11 nitrogen and oxygen atoms in total. The van der Waals surface area contributed by atoms with E-state index in [4.69, 9.17) is 32.9 Å². The van der Waals surface area contributed by atoms with Gasteiger partial charge in [0.2, 0.25) is 0 Å². The van der Waals surface area contributed by atoms with Gasteiger partial charge < -0.3 is 25.4 Å². The van der Waals surface area contributed by atoms with Gasteiger partial charge in [-0.15, -0.1) is 5.10 Å². The minimum absolute atomic E-state index is 0.00262. The number of halogens is 2. The predicted molar refractivity (Wildman–Crippen MR) is 240 cm³/mol. The minimum Gasteiger partial charge on any atom is -0.483 e. The van der Waals surface area contributed by atoms with Gasteiger partial charge >= 0.3 is 5.91 Å². The molecule has 1 aliphatic heterocycles. The molecule has 0 aliphatic carbocycles.